The molecule has 0 N–H and O–H groups in total. The number of methoxy groups -OCH3 is 1. The van der Waals surface area contributed by atoms with Gasteiger partial charge in [0, 0.05) is 7.04 Å². The van der Waals surface area contributed by atoms with Gasteiger partial charge in [0.25, 0.3) is 0 Å². The second-order valence-corrected chi connectivity index (χ2v) is 8.35. The molecule has 0 saturated heterocycles. The largest absolute Gasteiger partial charge is 0.494 e. The molecule has 24 heavy (non-hydrogen) atoms. The van der Waals surface area contributed by atoms with Crippen LogP contribution in [0.15, 0.2) is 18.2 Å². The van der Waals surface area contributed by atoms with Gasteiger partial charge in [-0.25, -0.2) is 0 Å². The lowest BCUT2D eigenvalue weighted by molar-refractivity contribution is -0.0444. The molecule has 5 atom stereocenters. The molecular weight excluding hydrogens is 296 g/mol. The smallest absolute Gasteiger partial charge is 0.119 e. The zero-order chi connectivity index (χ0) is 19.2. The van der Waals surface area contributed by atoms with Gasteiger partial charge in [0.1, 0.15) is 5.75 Å². The maximum atomic E-state index is 7.54. The Morgan fingerprint density at radius 2 is 2.17 bits per heavy atom. The molecule has 2 heteroatoms. The van der Waals surface area contributed by atoms with E-state index in [1.807, 2.05) is 0 Å². The second-order valence-electron chi connectivity index (χ2n) is 8.35. The fraction of sp³-hybridized carbons (Fsp3) is 0.727. The van der Waals surface area contributed by atoms with Gasteiger partial charge in [0.05, 0.1) is 16.8 Å². The highest BCUT2D eigenvalue weighted by atomic mass is 16.5. The van der Waals surface area contributed by atoms with E-state index in [0.29, 0.717) is 17.8 Å². The normalized spacial score (nSPS) is 39.8. The van der Waals surface area contributed by atoms with Crippen LogP contribution in [-0.4, -0.2) is 19.7 Å². The first kappa shape index (κ1) is 13.2. The van der Waals surface area contributed by atoms with Crippen molar-refractivity contribution in [2.75, 3.05) is 13.6 Å². The lowest BCUT2D eigenvalue weighted by Gasteiger charge is -2.50. The van der Waals surface area contributed by atoms with Crippen molar-refractivity contribution in [3.05, 3.63) is 29.3 Å². The van der Waals surface area contributed by atoms with Gasteiger partial charge in [0.15, 0.2) is 0 Å². The zero-order valence-corrected chi connectivity index (χ0v) is 15.0. The number of aryl methyl sites for hydroxylation is 1. The summed E-state index contributed by atoms with van der Waals surface area (Å²) >= 11 is 0. The van der Waals surface area contributed by atoms with Crippen LogP contribution in [0.5, 0.6) is 5.75 Å². The first-order valence-corrected chi connectivity index (χ1v) is 9.75. The third kappa shape index (κ3) is 2.49. The van der Waals surface area contributed by atoms with E-state index >= 15 is 0 Å². The molecule has 3 aliphatic carbocycles. The average molecular weight is 332 g/mol. The first-order chi connectivity index (χ1) is 12.8. The Labute approximate surface area is 151 Å². The van der Waals surface area contributed by atoms with Crippen LogP contribution >= 0.6 is 0 Å². The fourth-order valence-corrected chi connectivity index (χ4v) is 6.01. The molecule has 4 rings (SSSR count). The number of benzene rings is 1. The first-order valence-electron chi connectivity index (χ1n) is 11.3. The molecule has 2 nitrogen and oxygen atoms in total. The third-order valence-corrected chi connectivity index (χ3v) is 7.23. The molecule has 0 aliphatic heterocycles. The lowest BCUT2D eigenvalue weighted by Crippen LogP contribution is -2.44. The van der Waals surface area contributed by atoms with Crippen molar-refractivity contribution < 1.29 is 13.6 Å². The summed E-state index contributed by atoms with van der Waals surface area (Å²) in [6.07, 6.45) is 7.41. The van der Waals surface area contributed by atoms with Crippen molar-refractivity contribution in [2.24, 2.45) is 17.3 Å². The van der Waals surface area contributed by atoms with Crippen molar-refractivity contribution in [1.82, 2.24) is 0 Å². The SMILES string of the molecule is [2H]C([2H])([2H])O[C@H]1CCC2C3CCc4cc(OCCC)ccc4C3CC[C@@]21C. The minimum atomic E-state index is -2.28. The van der Waals surface area contributed by atoms with E-state index in [0.717, 1.165) is 50.9 Å². The summed E-state index contributed by atoms with van der Waals surface area (Å²) in [5.74, 6) is 2.84. The lowest BCUT2D eigenvalue weighted by atomic mass is 9.55. The summed E-state index contributed by atoms with van der Waals surface area (Å²) in [7, 11) is -2.28. The van der Waals surface area contributed by atoms with Gasteiger partial charge in [-0.1, -0.05) is 19.9 Å². The quantitative estimate of drug-likeness (QED) is 0.741. The Bertz CT molecular complexity index is 687. The van der Waals surface area contributed by atoms with Gasteiger partial charge in [-0.2, -0.15) is 0 Å². The maximum absolute atomic E-state index is 7.54. The van der Waals surface area contributed by atoms with Gasteiger partial charge in [-0.05, 0) is 91.4 Å². The molecule has 3 unspecified atom stereocenters. The minimum Gasteiger partial charge on any atom is -0.494 e. The number of hydrogen-bond acceptors (Lipinski definition) is 2. The Morgan fingerprint density at radius 3 is 3.00 bits per heavy atom. The molecule has 2 fully saturated rings. The van der Waals surface area contributed by atoms with Crippen molar-refractivity contribution in [1.29, 1.82) is 0 Å². The summed E-state index contributed by atoms with van der Waals surface area (Å²) in [6.45, 7) is 5.19. The van der Waals surface area contributed by atoms with Gasteiger partial charge in [0.2, 0.25) is 0 Å². The molecule has 0 aromatic heterocycles. The molecular formula is C22H32O2. The van der Waals surface area contributed by atoms with E-state index in [2.05, 4.69) is 32.0 Å². The highest BCUT2D eigenvalue weighted by molar-refractivity contribution is 5.40. The standard InChI is InChI=1S/C22H32O2/c1-4-13-24-16-6-8-17-15(14-16)5-7-19-18(17)11-12-22(2)20(19)9-10-21(22)23-3/h6,8,14,18-21H,4-5,7,9-13H2,1-3H3/t18?,19?,20?,21-,22-/m0/s1/i3D3. The third-order valence-electron chi connectivity index (χ3n) is 7.23. The van der Waals surface area contributed by atoms with E-state index < -0.39 is 7.04 Å². The Hall–Kier alpha value is -1.02. The zero-order valence-electron chi connectivity index (χ0n) is 18.0. The van der Waals surface area contributed by atoms with Crippen LogP contribution in [-0.2, 0) is 11.2 Å². The van der Waals surface area contributed by atoms with Crippen molar-refractivity contribution in [2.45, 2.75) is 70.8 Å². The predicted molar refractivity (Wildman–Crippen MR) is 97.6 cm³/mol. The molecule has 0 bridgehead atoms. The summed E-state index contributed by atoms with van der Waals surface area (Å²) in [5, 5.41) is 0. The molecule has 0 spiro atoms. The van der Waals surface area contributed by atoms with E-state index in [1.165, 1.54) is 17.5 Å². The van der Waals surface area contributed by atoms with Crippen LogP contribution in [0.3, 0.4) is 0 Å². The van der Waals surface area contributed by atoms with E-state index in [1.54, 1.807) is 0 Å². The van der Waals surface area contributed by atoms with Crippen LogP contribution in [0.1, 0.15) is 73.5 Å². The Kier molecular flexibility index (Phi) is 3.51. The van der Waals surface area contributed by atoms with Crippen molar-refractivity contribution in [3.8, 4) is 5.75 Å². The fourth-order valence-electron chi connectivity index (χ4n) is 6.01. The highest BCUT2D eigenvalue weighted by Crippen LogP contribution is 2.61. The molecule has 2 saturated carbocycles. The molecule has 1 aromatic rings. The van der Waals surface area contributed by atoms with Crippen LogP contribution in [0, 0.1) is 17.3 Å². The minimum absolute atomic E-state index is 0.0112. The average Bonchev–Trinajstić information content (AvgIpc) is 2.94. The van der Waals surface area contributed by atoms with Crippen LogP contribution in [0.25, 0.3) is 0 Å². The molecule has 3 aliphatic rings. The van der Waals surface area contributed by atoms with Crippen LogP contribution < -0.4 is 4.74 Å². The Morgan fingerprint density at radius 1 is 1.25 bits per heavy atom. The molecule has 132 valence electrons. The second kappa shape index (κ2) is 6.37. The van der Waals surface area contributed by atoms with Gasteiger partial charge in [-0.15, -0.1) is 0 Å². The Balaban J connectivity index is 1.54. The number of rotatable bonds is 4. The van der Waals surface area contributed by atoms with Gasteiger partial charge in [-0.3, -0.25) is 0 Å². The highest BCUT2D eigenvalue weighted by Gasteiger charge is 2.54. The topological polar surface area (TPSA) is 18.5 Å². The maximum Gasteiger partial charge on any atom is 0.119 e. The molecule has 0 amide bonds. The number of hydrogen-bond donors (Lipinski definition) is 0. The monoisotopic (exact) mass is 331 g/mol. The van der Waals surface area contributed by atoms with Crippen LogP contribution in [0.2, 0.25) is 0 Å². The van der Waals surface area contributed by atoms with Crippen LogP contribution in [0.4, 0.5) is 0 Å². The van der Waals surface area contributed by atoms with Crippen molar-refractivity contribution in [3.63, 3.8) is 0 Å². The predicted octanol–water partition coefficient (Wildman–Crippen LogP) is 5.35. The number of fused-ring (bicyclic) bond motifs is 5. The summed E-state index contributed by atoms with van der Waals surface area (Å²) in [6, 6.07) is 6.69. The number of ether oxygens (including phenoxy) is 2. The molecule has 0 radical (unpaired) electrons. The van der Waals surface area contributed by atoms with Crippen molar-refractivity contribution >= 4 is 0 Å². The van der Waals surface area contributed by atoms with Gasteiger partial charge >= 0.3 is 0 Å². The summed E-state index contributed by atoms with van der Waals surface area (Å²) in [5.41, 5.74) is 2.98. The summed E-state index contributed by atoms with van der Waals surface area (Å²) < 4.78 is 34.0. The molecule has 1 aromatic carbocycles. The van der Waals surface area contributed by atoms with E-state index in [9.17, 15) is 0 Å². The van der Waals surface area contributed by atoms with E-state index in [4.69, 9.17) is 13.6 Å². The summed E-state index contributed by atoms with van der Waals surface area (Å²) in [4.78, 5) is 0. The molecule has 0 heterocycles. The van der Waals surface area contributed by atoms with Gasteiger partial charge < -0.3 is 9.47 Å². The van der Waals surface area contributed by atoms with E-state index in [-0.39, 0.29) is 11.5 Å².